The van der Waals surface area contributed by atoms with Gasteiger partial charge in [-0.3, -0.25) is 9.78 Å². The zero-order chi connectivity index (χ0) is 25.2. The number of benzene rings is 1. The Bertz CT molecular complexity index is 1340. The summed E-state index contributed by atoms with van der Waals surface area (Å²) in [6.45, 7) is -0.117. The Labute approximate surface area is 199 Å². The van der Waals surface area contributed by atoms with Gasteiger partial charge in [0.25, 0.3) is 0 Å². The Morgan fingerprint density at radius 2 is 2.00 bits per heavy atom. The Kier molecular flexibility index (Phi) is 6.84. The van der Waals surface area contributed by atoms with Crippen LogP contribution < -0.4 is 16.0 Å². The summed E-state index contributed by atoms with van der Waals surface area (Å²) >= 11 is 0. The third kappa shape index (κ3) is 5.84. The van der Waals surface area contributed by atoms with Crippen molar-refractivity contribution < 1.29 is 26.4 Å². The van der Waals surface area contributed by atoms with Gasteiger partial charge in [0.1, 0.15) is 11.4 Å². The summed E-state index contributed by atoms with van der Waals surface area (Å²) in [4.78, 5) is 23.5. The second-order valence-corrected chi connectivity index (χ2v) is 8.85. The van der Waals surface area contributed by atoms with Crippen LogP contribution in [0.2, 0.25) is 0 Å². The molecule has 35 heavy (non-hydrogen) atoms. The van der Waals surface area contributed by atoms with Crippen molar-refractivity contribution >= 4 is 39.9 Å². The molecule has 0 saturated heterocycles. The summed E-state index contributed by atoms with van der Waals surface area (Å²) in [5.41, 5.74) is 1.78. The van der Waals surface area contributed by atoms with Crippen molar-refractivity contribution in [2.75, 3.05) is 23.0 Å². The Morgan fingerprint density at radius 3 is 2.74 bits per heavy atom. The molecule has 0 spiro atoms. The standard InChI is InChI=1S/C21H20F3N7O3S/c1-31(35(33)34)11-17-12(3-2-6-25-17)9-26-19-15(21(22,23)24)10-27-20(30-19)28-14-4-5-16-13(7-14)8-18(32)29-16/h2-7,10,35H,8-9,11H2,1H3,(H,29,32)(H2,26,27,28,30). The number of hydrogen-bond acceptors (Lipinski definition) is 8. The number of aromatic nitrogens is 3. The highest BCUT2D eigenvalue weighted by Gasteiger charge is 2.35. The lowest BCUT2D eigenvalue weighted by Crippen LogP contribution is -2.19. The van der Waals surface area contributed by atoms with E-state index in [-0.39, 0.29) is 31.4 Å². The maximum atomic E-state index is 13.6. The van der Waals surface area contributed by atoms with E-state index < -0.39 is 28.4 Å². The maximum Gasteiger partial charge on any atom is 0.421 e. The molecule has 3 heterocycles. The Morgan fingerprint density at radius 1 is 1.20 bits per heavy atom. The number of anilines is 4. The SMILES string of the molecule is CN(Cc1ncccc1CNc1nc(Nc2ccc3c(c2)CC(=O)N3)ncc1C(F)(F)F)[SH](=O)=O. The first-order valence-corrected chi connectivity index (χ1v) is 11.4. The van der Waals surface area contributed by atoms with E-state index in [9.17, 15) is 26.4 Å². The number of halogens is 3. The van der Waals surface area contributed by atoms with E-state index in [1.807, 2.05) is 0 Å². The van der Waals surface area contributed by atoms with Gasteiger partial charge in [0.05, 0.1) is 18.7 Å². The number of pyridine rings is 1. The summed E-state index contributed by atoms with van der Waals surface area (Å²) in [5, 5.41) is 8.24. The normalized spacial score (nSPS) is 13.1. The van der Waals surface area contributed by atoms with Gasteiger partial charge >= 0.3 is 6.18 Å². The van der Waals surface area contributed by atoms with Gasteiger partial charge in [0.2, 0.25) is 22.7 Å². The van der Waals surface area contributed by atoms with Crippen molar-refractivity contribution in [1.29, 1.82) is 0 Å². The van der Waals surface area contributed by atoms with E-state index in [0.717, 1.165) is 9.87 Å². The smallest absolute Gasteiger partial charge is 0.365 e. The molecule has 0 unspecified atom stereocenters. The monoisotopic (exact) mass is 507 g/mol. The molecule has 0 atom stereocenters. The average Bonchev–Trinajstić information content (AvgIpc) is 3.17. The quantitative estimate of drug-likeness (QED) is 0.343. The lowest BCUT2D eigenvalue weighted by molar-refractivity contribution is -0.137. The molecule has 1 aliphatic heterocycles. The molecule has 0 aliphatic carbocycles. The van der Waals surface area contributed by atoms with Crippen LogP contribution in [-0.2, 0) is 41.4 Å². The number of nitrogens with one attached hydrogen (secondary N) is 3. The molecule has 1 aliphatic rings. The molecule has 0 radical (unpaired) electrons. The minimum absolute atomic E-state index is 0.0328. The predicted octanol–water partition coefficient (Wildman–Crippen LogP) is 2.70. The van der Waals surface area contributed by atoms with Gasteiger partial charge in [-0.15, -0.1) is 0 Å². The molecule has 0 fully saturated rings. The first-order chi connectivity index (χ1) is 16.6. The molecule has 184 valence electrons. The van der Waals surface area contributed by atoms with Crippen molar-refractivity contribution in [3.63, 3.8) is 0 Å². The molecule has 1 aromatic carbocycles. The molecule has 2 aromatic heterocycles. The van der Waals surface area contributed by atoms with E-state index >= 15 is 0 Å². The minimum Gasteiger partial charge on any atom is -0.365 e. The van der Waals surface area contributed by atoms with Crippen molar-refractivity contribution in [2.24, 2.45) is 0 Å². The maximum absolute atomic E-state index is 13.6. The molecular weight excluding hydrogens is 487 g/mol. The summed E-state index contributed by atoms with van der Waals surface area (Å²) in [6.07, 6.45) is -2.36. The van der Waals surface area contributed by atoms with Gasteiger partial charge in [-0.05, 0) is 35.4 Å². The fraction of sp³-hybridized carbons (Fsp3) is 0.238. The fourth-order valence-electron chi connectivity index (χ4n) is 3.45. The number of alkyl halides is 3. The van der Waals surface area contributed by atoms with Crippen LogP contribution in [-0.4, -0.2) is 40.6 Å². The molecule has 4 rings (SSSR count). The van der Waals surface area contributed by atoms with E-state index in [4.69, 9.17) is 0 Å². The van der Waals surface area contributed by atoms with Crippen LogP contribution in [0.25, 0.3) is 0 Å². The number of carbonyl (C=O) groups excluding carboxylic acids is 1. The van der Waals surface area contributed by atoms with Gasteiger partial charge in [0.15, 0.2) is 0 Å². The number of hydrogen-bond donors (Lipinski definition) is 4. The number of amides is 1. The van der Waals surface area contributed by atoms with Crippen molar-refractivity contribution in [2.45, 2.75) is 25.7 Å². The summed E-state index contributed by atoms with van der Waals surface area (Å²) in [7, 11) is -1.46. The summed E-state index contributed by atoms with van der Waals surface area (Å²) < 4.78 is 64.2. The summed E-state index contributed by atoms with van der Waals surface area (Å²) in [5.74, 6) is -0.671. The lowest BCUT2D eigenvalue weighted by Gasteiger charge is -2.16. The highest BCUT2D eigenvalue weighted by atomic mass is 32.2. The number of fused-ring (bicyclic) bond motifs is 1. The largest absolute Gasteiger partial charge is 0.421 e. The number of carbonyl (C=O) groups is 1. The second-order valence-electron chi connectivity index (χ2n) is 7.69. The molecule has 3 N–H and O–H groups in total. The lowest BCUT2D eigenvalue weighted by atomic mass is 10.1. The van der Waals surface area contributed by atoms with E-state index in [0.29, 0.717) is 28.8 Å². The van der Waals surface area contributed by atoms with Gasteiger partial charge < -0.3 is 16.0 Å². The van der Waals surface area contributed by atoms with Crippen LogP contribution in [0, 0.1) is 0 Å². The first-order valence-electron chi connectivity index (χ1n) is 10.3. The third-order valence-electron chi connectivity index (χ3n) is 5.17. The predicted molar refractivity (Wildman–Crippen MR) is 122 cm³/mol. The van der Waals surface area contributed by atoms with Crippen LogP contribution >= 0.6 is 0 Å². The zero-order valence-electron chi connectivity index (χ0n) is 18.3. The minimum atomic E-state index is -4.71. The second kappa shape index (κ2) is 9.84. The van der Waals surface area contributed by atoms with Gasteiger partial charge in [-0.2, -0.15) is 18.2 Å². The van der Waals surface area contributed by atoms with Crippen LogP contribution in [0.5, 0.6) is 0 Å². The molecule has 14 heteroatoms. The molecule has 0 saturated carbocycles. The Hall–Kier alpha value is -3.78. The molecule has 3 aromatic rings. The van der Waals surface area contributed by atoms with Crippen molar-refractivity contribution in [1.82, 2.24) is 19.3 Å². The zero-order valence-corrected chi connectivity index (χ0v) is 19.2. The van der Waals surface area contributed by atoms with Crippen LogP contribution in [0.4, 0.5) is 36.3 Å². The van der Waals surface area contributed by atoms with E-state index in [1.54, 1.807) is 30.3 Å². The highest BCUT2D eigenvalue weighted by Crippen LogP contribution is 2.35. The van der Waals surface area contributed by atoms with Crippen molar-refractivity contribution in [3.8, 4) is 0 Å². The van der Waals surface area contributed by atoms with Gasteiger partial charge in [0, 0.05) is 37.4 Å². The molecule has 10 nitrogen and oxygen atoms in total. The average molecular weight is 507 g/mol. The summed E-state index contributed by atoms with van der Waals surface area (Å²) in [6, 6.07) is 8.26. The topological polar surface area (TPSA) is 129 Å². The van der Waals surface area contributed by atoms with E-state index in [2.05, 4.69) is 30.9 Å². The molecular formula is C21H20F3N7O3S. The Balaban J connectivity index is 1.57. The van der Waals surface area contributed by atoms with E-state index in [1.165, 1.54) is 13.2 Å². The number of thiol groups is 1. The van der Waals surface area contributed by atoms with Crippen molar-refractivity contribution in [3.05, 3.63) is 65.1 Å². The number of rotatable bonds is 8. The van der Waals surface area contributed by atoms with Crippen LogP contribution in [0.3, 0.4) is 0 Å². The van der Waals surface area contributed by atoms with Crippen LogP contribution in [0.15, 0.2) is 42.7 Å². The van der Waals surface area contributed by atoms with Gasteiger partial charge in [-0.1, -0.05) is 6.07 Å². The first kappa shape index (κ1) is 24.3. The highest BCUT2D eigenvalue weighted by molar-refractivity contribution is 7.69. The molecule has 0 bridgehead atoms. The molecule has 1 amide bonds. The van der Waals surface area contributed by atoms with Gasteiger partial charge in [-0.25, -0.2) is 17.7 Å². The fourth-order valence-corrected chi connectivity index (χ4v) is 3.70. The van der Waals surface area contributed by atoms with Crippen LogP contribution in [0.1, 0.15) is 22.4 Å². The third-order valence-corrected chi connectivity index (χ3v) is 5.87. The number of nitrogens with zero attached hydrogens (tertiary/aromatic N) is 4.